The fourth-order valence-electron chi connectivity index (χ4n) is 2.01. The first-order chi connectivity index (χ1) is 10.1. The van der Waals surface area contributed by atoms with Crippen molar-refractivity contribution in [2.75, 3.05) is 5.32 Å². The molecule has 1 fully saturated rings. The summed E-state index contributed by atoms with van der Waals surface area (Å²) in [6.07, 6.45) is 3.67. The first-order valence-corrected chi connectivity index (χ1v) is 7.73. The van der Waals surface area contributed by atoms with Gasteiger partial charge in [-0.2, -0.15) is 5.26 Å². The van der Waals surface area contributed by atoms with Crippen LogP contribution in [0, 0.1) is 16.7 Å². The van der Waals surface area contributed by atoms with Crippen molar-refractivity contribution in [2.45, 2.75) is 19.3 Å². The van der Waals surface area contributed by atoms with E-state index >= 15 is 0 Å². The standard InChI is InChI=1S/C15H12ClN3OS/c16-12-4-2-1-3-10(12)7-11-8-18-14(21-11)19-13(20)15(9-17)5-6-15/h1-4,8H,5-7H2,(H,18,19,20). The smallest absolute Gasteiger partial charge is 0.246 e. The zero-order valence-electron chi connectivity index (χ0n) is 11.1. The molecule has 0 atom stereocenters. The van der Waals surface area contributed by atoms with E-state index < -0.39 is 5.41 Å². The number of hydrogen-bond donors (Lipinski definition) is 1. The highest BCUT2D eigenvalue weighted by Gasteiger charge is 2.50. The number of rotatable bonds is 4. The number of amides is 1. The number of hydrogen-bond acceptors (Lipinski definition) is 4. The highest BCUT2D eigenvalue weighted by atomic mass is 35.5. The Morgan fingerprint density at radius 2 is 2.24 bits per heavy atom. The van der Waals surface area contributed by atoms with Crippen LogP contribution in [-0.4, -0.2) is 10.9 Å². The fraction of sp³-hybridized carbons (Fsp3) is 0.267. The van der Waals surface area contributed by atoms with Crippen molar-refractivity contribution in [1.82, 2.24) is 4.98 Å². The summed E-state index contributed by atoms with van der Waals surface area (Å²) >= 11 is 7.54. The average Bonchev–Trinajstić information content (AvgIpc) is 3.18. The van der Waals surface area contributed by atoms with Crippen LogP contribution in [0.4, 0.5) is 5.13 Å². The van der Waals surface area contributed by atoms with Crippen LogP contribution < -0.4 is 5.32 Å². The first-order valence-electron chi connectivity index (χ1n) is 6.54. The van der Waals surface area contributed by atoms with Crippen LogP contribution in [0.5, 0.6) is 0 Å². The molecule has 4 nitrogen and oxygen atoms in total. The maximum Gasteiger partial charge on any atom is 0.246 e. The van der Waals surface area contributed by atoms with Gasteiger partial charge in [-0.05, 0) is 24.5 Å². The van der Waals surface area contributed by atoms with E-state index in [1.807, 2.05) is 24.3 Å². The first kappa shape index (κ1) is 14.1. The second-order valence-corrected chi connectivity index (χ2v) is 6.57. The lowest BCUT2D eigenvalue weighted by molar-refractivity contribution is -0.119. The largest absolute Gasteiger partial charge is 0.301 e. The van der Waals surface area contributed by atoms with E-state index in [0.717, 1.165) is 15.5 Å². The monoisotopic (exact) mass is 317 g/mol. The van der Waals surface area contributed by atoms with Crippen LogP contribution in [0.1, 0.15) is 23.3 Å². The molecule has 0 aliphatic heterocycles. The molecule has 1 aliphatic rings. The molecule has 1 N–H and O–H groups in total. The number of carbonyl (C=O) groups is 1. The van der Waals surface area contributed by atoms with Crippen LogP contribution in [-0.2, 0) is 11.2 Å². The zero-order chi connectivity index (χ0) is 14.9. The van der Waals surface area contributed by atoms with Crippen molar-refractivity contribution in [1.29, 1.82) is 5.26 Å². The van der Waals surface area contributed by atoms with Gasteiger partial charge in [0.1, 0.15) is 5.41 Å². The highest BCUT2D eigenvalue weighted by Crippen LogP contribution is 2.45. The predicted molar refractivity (Wildman–Crippen MR) is 82.3 cm³/mol. The Kier molecular flexibility index (Phi) is 3.66. The van der Waals surface area contributed by atoms with Crippen molar-refractivity contribution in [3.63, 3.8) is 0 Å². The molecule has 1 heterocycles. The minimum Gasteiger partial charge on any atom is -0.301 e. The van der Waals surface area contributed by atoms with Crippen molar-refractivity contribution in [2.24, 2.45) is 5.41 Å². The number of halogens is 1. The number of carbonyl (C=O) groups excluding carboxylic acids is 1. The van der Waals surface area contributed by atoms with Gasteiger partial charge in [0.25, 0.3) is 0 Å². The molecular weight excluding hydrogens is 306 g/mol. The summed E-state index contributed by atoms with van der Waals surface area (Å²) < 4.78 is 0. The number of anilines is 1. The van der Waals surface area contributed by atoms with Gasteiger partial charge in [0.2, 0.25) is 5.91 Å². The Balaban J connectivity index is 1.68. The van der Waals surface area contributed by atoms with E-state index in [4.69, 9.17) is 16.9 Å². The SMILES string of the molecule is N#CC1(C(=O)Nc2ncc(Cc3ccccc3Cl)s2)CC1. The quantitative estimate of drug-likeness (QED) is 0.936. The molecule has 1 saturated carbocycles. The summed E-state index contributed by atoms with van der Waals surface area (Å²) in [5.41, 5.74) is 0.200. The van der Waals surface area contributed by atoms with Crippen LogP contribution >= 0.6 is 22.9 Å². The van der Waals surface area contributed by atoms with E-state index in [0.29, 0.717) is 24.4 Å². The Labute approximate surface area is 131 Å². The molecule has 2 aromatic rings. The van der Waals surface area contributed by atoms with E-state index in [1.165, 1.54) is 11.3 Å². The predicted octanol–water partition coefficient (Wildman–Crippen LogP) is 3.63. The topological polar surface area (TPSA) is 65.8 Å². The van der Waals surface area contributed by atoms with Gasteiger partial charge < -0.3 is 5.32 Å². The van der Waals surface area contributed by atoms with Crippen molar-refractivity contribution in [3.8, 4) is 6.07 Å². The number of aromatic nitrogens is 1. The third-order valence-electron chi connectivity index (χ3n) is 3.50. The van der Waals surface area contributed by atoms with E-state index in [2.05, 4.69) is 16.4 Å². The van der Waals surface area contributed by atoms with Gasteiger partial charge in [-0.1, -0.05) is 29.8 Å². The van der Waals surface area contributed by atoms with E-state index in [-0.39, 0.29) is 5.91 Å². The molecule has 1 aromatic heterocycles. The number of thiazole rings is 1. The summed E-state index contributed by atoms with van der Waals surface area (Å²) in [4.78, 5) is 17.2. The minimum atomic E-state index is -0.825. The van der Waals surface area contributed by atoms with Gasteiger partial charge in [0, 0.05) is 22.5 Å². The van der Waals surface area contributed by atoms with Crippen molar-refractivity contribution < 1.29 is 4.79 Å². The molecule has 1 amide bonds. The molecule has 0 unspecified atom stereocenters. The molecule has 3 rings (SSSR count). The number of nitriles is 1. The van der Waals surface area contributed by atoms with Crippen LogP contribution in [0.2, 0.25) is 5.02 Å². The molecule has 6 heteroatoms. The molecule has 106 valence electrons. The van der Waals surface area contributed by atoms with Gasteiger partial charge in [-0.15, -0.1) is 11.3 Å². The summed E-state index contributed by atoms with van der Waals surface area (Å²) in [5, 5.41) is 13.0. The summed E-state index contributed by atoms with van der Waals surface area (Å²) in [6, 6.07) is 9.72. The van der Waals surface area contributed by atoms with Crippen molar-refractivity contribution >= 4 is 34.0 Å². The van der Waals surface area contributed by atoms with Crippen LogP contribution in [0.25, 0.3) is 0 Å². The second-order valence-electron chi connectivity index (χ2n) is 5.05. The lowest BCUT2D eigenvalue weighted by Gasteiger charge is -2.04. The lowest BCUT2D eigenvalue weighted by Crippen LogP contribution is -2.22. The third-order valence-corrected chi connectivity index (χ3v) is 4.78. The molecule has 0 radical (unpaired) electrons. The highest BCUT2D eigenvalue weighted by molar-refractivity contribution is 7.15. The summed E-state index contributed by atoms with van der Waals surface area (Å²) in [5.74, 6) is -0.247. The number of nitrogens with one attached hydrogen (secondary N) is 1. The van der Waals surface area contributed by atoms with E-state index in [9.17, 15) is 4.79 Å². The second kappa shape index (κ2) is 5.47. The van der Waals surface area contributed by atoms with Gasteiger partial charge in [0.05, 0.1) is 6.07 Å². The fourth-order valence-corrected chi connectivity index (χ4v) is 3.04. The number of nitrogens with zero attached hydrogens (tertiary/aromatic N) is 2. The van der Waals surface area contributed by atoms with Gasteiger partial charge in [-0.3, -0.25) is 4.79 Å². The maximum absolute atomic E-state index is 12.0. The van der Waals surface area contributed by atoms with E-state index in [1.54, 1.807) is 6.20 Å². The molecule has 0 bridgehead atoms. The lowest BCUT2D eigenvalue weighted by atomic mass is 10.1. The van der Waals surface area contributed by atoms with Gasteiger partial charge in [-0.25, -0.2) is 4.98 Å². The molecule has 1 aromatic carbocycles. The normalized spacial score (nSPS) is 15.2. The van der Waals surface area contributed by atoms with Crippen LogP contribution in [0.15, 0.2) is 30.5 Å². The third kappa shape index (κ3) is 2.92. The summed E-state index contributed by atoms with van der Waals surface area (Å²) in [6.45, 7) is 0. The number of benzene rings is 1. The van der Waals surface area contributed by atoms with Crippen molar-refractivity contribution in [3.05, 3.63) is 45.9 Å². The summed E-state index contributed by atoms with van der Waals surface area (Å²) in [7, 11) is 0. The van der Waals surface area contributed by atoms with Crippen LogP contribution in [0.3, 0.4) is 0 Å². The maximum atomic E-state index is 12.0. The zero-order valence-corrected chi connectivity index (χ0v) is 12.7. The molecule has 1 aliphatic carbocycles. The molecule has 0 saturated heterocycles. The molecule has 21 heavy (non-hydrogen) atoms. The molecular formula is C15H12ClN3OS. The Morgan fingerprint density at radius 3 is 2.90 bits per heavy atom. The average molecular weight is 318 g/mol. The Morgan fingerprint density at radius 1 is 1.48 bits per heavy atom. The molecule has 0 spiro atoms. The van der Waals surface area contributed by atoms with Gasteiger partial charge >= 0.3 is 0 Å². The Hall–Kier alpha value is -1.90. The minimum absolute atomic E-state index is 0.247. The van der Waals surface area contributed by atoms with Gasteiger partial charge in [0.15, 0.2) is 5.13 Å². The Bertz CT molecular complexity index is 731.